The number of amides is 1. The van der Waals surface area contributed by atoms with E-state index < -0.39 is 11.7 Å². The van der Waals surface area contributed by atoms with Gasteiger partial charge >= 0.3 is 6.18 Å². The zero-order valence-corrected chi connectivity index (χ0v) is 21.3. The van der Waals surface area contributed by atoms with Crippen molar-refractivity contribution in [3.8, 4) is 5.69 Å². The minimum absolute atomic E-state index is 0.0867. The second-order valence-electron chi connectivity index (χ2n) is 9.47. The van der Waals surface area contributed by atoms with Gasteiger partial charge in [0.25, 0.3) is 0 Å². The Bertz CT molecular complexity index is 1660. The first-order valence-corrected chi connectivity index (χ1v) is 13.2. The summed E-state index contributed by atoms with van der Waals surface area (Å²) in [4.78, 5) is 23.7. The molecular weight excluding hydrogens is 532 g/mol. The molecule has 1 saturated heterocycles. The van der Waals surface area contributed by atoms with E-state index >= 15 is 0 Å². The van der Waals surface area contributed by atoms with Crippen molar-refractivity contribution in [2.24, 2.45) is 5.92 Å². The van der Waals surface area contributed by atoms with Crippen LogP contribution in [0.5, 0.6) is 0 Å². The quantitative estimate of drug-likeness (QED) is 0.281. The van der Waals surface area contributed by atoms with Crippen molar-refractivity contribution in [1.29, 1.82) is 0 Å². The number of aromatic nitrogens is 4. The highest BCUT2D eigenvalue weighted by Crippen LogP contribution is 2.31. The molecule has 1 N–H and O–H groups in total. The van der Waals surface area contributed by atoms with E-state index in [9.17, 15) is 22.4 Å². The maximum Gasteiger partial charge on any atom is 0.416 e. The number of carbonyl (C=O) groups excluding carboxylic acids is 1. The zero-order valence-electron chi connectivity index (χ0n) is 20.5. The van der Waals surface area contributed by atoms with Crippen LogP contribution in [0.25, 0.3) is 26.8 Å². The lowest BCUT2D eigenvalue weighted by molar-refractivity contribution is -0.137. The van der Waals surface area contributed by atoms with Gasteiger partial charge in [0.1, 0.15) is 18.0 Å². The van der Waals surface area contributed by atoms with Gasteiger partial charge in [-0.05, 0) is 54.8 Å². The number of nitrogens with zero attached hydrogens (tertiary/aromatic N) is 5. The lowest BCUT2D eigenvalue weighted by atomic mass is 9.97. The minimum Gasteiger partial charge on any atom is -0.355 e. The molecule has 0 unspecified atom stereocenters. The van der Waals surface area contributed by atoms with Crippen LogP contribution in [0.2, 0.25) is 0 Å². The fourth-order valence-corrected chi connectivity index (χ4v) is 5.67. The van der Waals surface area contributed by atoms with Crippen molar-refractivity contribution < 1.29 is 22.4 Å². The van der Waals surface area contributed by atoms with Gasteiger partial charge in [-0.2, -0.15) is 13.2 Å². The highest BCUT2D eigenvalue weighted by molar-refractivity contribution is 7.17. The molecule has 1 amide bonds. The Labute approximate surface area is 224 Å². The summed E-state index contributed by atoms with van der Waals surface area (Å²) in [5.41, 5.74) is 0.958. The van der Waals surface area contributed by atoms with Gasteiger partial charge in [-0.3, -0.25) is 4.79 Å². The first-order valence-electron chi connectivity index (χ1n) is 12.3. The van der Waals surface area contributed by atoms with E-state index in [1.807, 2.05) is 17.0 Å². The average Bonchev–Trinajstić information content (AvgIpc) is 3.55. The molecular formula is C27H22F4N6OS. The second-order valence-corrected chi connectivity index (χ2v) is 10.4. The van der Waals surface area contributed by atoms with Gasteiger partial charge in [0.2, 0.25) is 5.91 Å². The monoisotopic (exact) mass is 554 g/mol. The van der Waals surface area contributed by atoms with E-state index in [0.29, 0.717) is 47.6 Å². The van der Waals surface area contributed by atoms with Crippen molar-refractivity contribution in [2.75, 3.05) is 18.0 Å². The average molecular weight is 555 g/mol. The summed E-state index contributed by atoms with van der Waals surface area (Å²) in [6, 6.07) is 10.2. The summed E-state index contributed by atoms with van der Waals surface area (Å²) < 4.78 is 55.1. The summed E-state index contributed by atoms with van der Waals surface area (Å²) in [7, 11) is 0. The van der Waals surface area contributed by atoms with Crippen molar-refractivity contribution in [3.05, 3.63) is 77.3 Å². The van der Waals surface area contributed by atoms with E-state index in [-0.39, 0.29) is 17.6 Å². The zero-order chi connectivity index (χ0) is 27.1. The molecule has 5 aromatic rings. The lowest BCUT2D eigenvalue weighted by Gasteiger charge is -2.33. The summed E-state index contributed by atoms with van der Waals surface area (Å²) in [6.07, 6.45) is 0.169. The molecule has 0 aliphatic carbocycles. The van der Waals surface area contributed by atoms with Gasteiger partial charge in [-0.1, -0.05) is 6.07 Å². The van der Waals surface area contributed by atoms with E-state index in [0.717, 1.165) is 35.2 Å². The second kappa shape index (κ2) is 9.92. The Morgan fingerprint density at radius 3 is 2.72 bits per heavy atom. The minimum atomic E-state index is -4.42. The van der Waals surface area contributed by atoms with Gasteiger partial charge < -0.3 is 10.2 Å². The van der Waals surface area contributed by atoms with E-state index in [1.165, 1.54) is 39.9 Å². The maximum absolute atomic E-state index is 13.9. The number of rotatable bonds is 5. The van der Waals surface area contributed by atoms with E-state index in [4.69, 9.17) is 0 Å². The number of alkyl halides is 3. The summed E-state index contributed by atoms with van der Waals surface area (Å²) in [6.45, 7) is 1.44. The van der Waals surface area contributed by atoms with E-state index in [1.54, 1.807) is 12.3 Å². The standard InChI is InChI=1S/C27H22F4N6OS/c28-22-14-39-23-8-3-16(10-20(22)23)11-32-26(38)17-2-1-9-36(12-17)25-21-13-37(35-24(21)33-15-34-25)19-6-4-18(5-7-19)27(29,30)31/h3-8,10,13-15,17H,1-2,9,11-12H2,(H,32,38)/t17-/m0/s1. The van der Waals surface area contributed by atoms with Gasteiger partial charge in [0.15, 0.2) is 5.65 Å². The largest absolute Gasteiger partial charge is 0.416 e. The van der Waals surface area contributed by atoms with Crippen LogP contribution in [-0.4, -0.2) is 38.7 Å². The van der Waals surface area contributed by atoms with Crippen LogP contribution in [0.1, 0.15) is 24.0 Å². The topological polar surface area (TPSA) is 75.9 Å². The normalized spacial score (nSPS) is 16.2. The number of fused-ring (bicyclic) bond motifs is 2. The van der Waals surface area contributed by atoms with Gasteiger partial charge in [-0.25, -0.2) is 19.0 Å². The van der Waals surface area contributed by atoms with Crippen LogP contribution in [0.4, 0.5) is 23.4 Å². The SMILES string of the molecule is O=C(NCc1ccc2scc(F)c2c1)[C@H]1CCCN(c2ncnc3nn(-c4ccc(C(F)(F)F)cc4)cc23)C1. The summed E-state index contributed by atoms with van der Waals surface area (Å²) in [5.74, 6) is 0.00429. The molecule has 1 fully saturated rings. The first-order chi connectivity index (χ1) is 18.8. The first kappa shape index (κ1) is 25.2. The highest BCUT2D eigenvalue weighted by Gasteiger charge is 2.30. The molecule has 0 radical (unpaired) electrons. The van der Waals surface area contributed by atoms with Crippen LogP contribution in [0.15, 0.2) is 60.4 Å². The van der Waals surface area contributed by atoms with E-state index in [2.05, 4.69) is 20.4 Å². The third-order valence-corrected chi connectivity index (χ3v) is 7.84. The fraction of sp³-hybridized carbons (Fsp3) is 0.259. The van der Waals surface area contributed by atoms with Gasteiger partial charge in [-0.15, -0.1) is 16.4 Å². The molecule has 1 atom stereocenters. The molecule has 1 aliphatic heterocycles. The number of piperidine rings is 1. The summed E-state index contributed by atoms with van der Waals surface area (Å²) >= 11 is 1.34. The number of thiophene rings is 1. The van der Waals surface area contributed by atoms with Crippen LogP contribution >= 0.6 is 11.3 Å². The number of anilines is 1. The predicted octanol–water partition coefficient (Wildman–Crippen LogP) is 5.72. The van der Waals surface area contributed by atoms with Crippen molar-refractivity contribution in [2.45, 2.75) is 25.6 Å². The number of benzene rings is 2. The Kier molecular flexibility index (Phi) is 6.42. The molecule has 2 aromatic carbocycles. The van der Waals surface area contributed by atoms with Crippen LogP contribution in [0.3, 0.4) is 0 Å². The van der Waals surface area contributed by atoms with Crippen LogP contribution < -0.4 is 10.2 Å². The molecule has 7 nitrogen and oxygen atoms in total. The van der Waals surface area contributed by atoms with Gasteiger partial charge in [0, 0.05) is 41.3 Å². The lowest BCUT2D eigenvalue weighted by Crippen LogP contribution is -2.43. The summed E-state index contributed by atoms with van der Waals surface area (Å²) in [5, 5.41) is 10.1. The van der Waals surface area contributed by atoms with Crippen molar-refractivity contribution >= 4 is 44.2 Å². The molecule has 4 heterocycles. The third-order valence-electron chi connectivity index (χ3n) is 6.90. The fourth-order valence-electron chi connectivity index (χ4n) is 4.89. The predicted molar refractivity (Wildman–Crippen MR) is 140 cm³/mol. The van der Waals surface area contributed by atoms with Crippen LogP contribution in [0, 0.1) is 11.7 Å². The highest BCUT2D eigenvalue weighted by atomic mass is 32.1. The van der Waals surface area contributed by atoms with Crippen LogP contribution in [-0.2, 0) is 17.5 Å². The Morgan fingerprint density at radius 1 is 1.10 bits per heavy atom. The number of hydrogen-bond donors (Lipinski definition) is 1. The molecule has 0 bridgehead atoms. The molecule has 39 heavy (non-hydrogen) atoms. The molecule has 0 spiro atoms. The number of carbonyl (C=O) groups is 1. The Hall–Kier alpha value is -4.06. The Balaban J connectivity index is 1.17. The molecule has 6 rings (SSSR count). The maximum atomic E-state index is 13.9. The Morgan fingerprint density at radius 2 is 1.92 bits per heavy atom. The smallest absolute Gasteiger partial charge is 0.355 e. The molecule has 0 saturated carbocycles. The number of hydrogen-bond acceptors (Lipinski definition) is 6. The van der Waals surface area contributed by atoms with Gasteiger partial charge in [0.05, 0.1) is 22.6 Å². The third kappa shape index (κ3) is 5.03. The van der Waals surface area contributed by atoms with Crippen molar-refractivity contribution in [3.63, 3.8) is 0 Å². The molecule has 12 heteroatoms. The molecule has 200 valence electrons. The van der Waals surface area contributed by atoms with Crippen molar-refractivity contribution in [1.82, 2.24) is 25.1 Å². The molecule has 3 aromatic heterocycles. The number of halogens is 4. The molecule has 1 aliphatic rings. The number of nitrogens with one attached hydrogen (secondary N) is 1.